The Morgan fingerprint density at radius 2 is 1.68 bits per heavy atom. The second-order valence-corrected chi connectivity index (χ2v) is 7.77. The fraction of sp³-hybridized carbons (Fsp3) is 0.375. The second kappa shape index (κ2) is 10.6. The quantitative estimate of drug-likeness (QED) is 0.750. The average molecular weight is 420 g/mol. The van der Waals surface area contributed by atoms with Gasteiger partial charge in [-0.15, -0.1) is 0 Å². The highest BCUT2D eigenvalue weighted by molar-refractivity contribution is 5.90. The molecule has 0 aromatic heterocycles. The zero-order valence-electron chi connectivity index (χ0n) is 18.1. The maximum absolute atomic E-state index is 12.7. The SMILES string of the molecule is CCC(=O)Nc1ccc(C(C)NC(=O)N2CCN(Cc3ccc(C#N)cc3)CC2)cc1. The summed E-state index contributed by atoms with van der Waals surface area (Å²) in [6.07, 6.45) is 0.439. The van der Waals surface area contributed by atoms with Crippen molar-refractivity contribution in [3.8, 4) is 6.07 Å². The number of rotatable bonds is 6. The Labute approximate surface area is 183 Å². The average Bonchev–Trinajstić information content (AvgIpc) is 2.80. The summed E-state index contributed by atoms with van der Waals surface area (Å²) in [7, 11) is 0. The van der Waals surface area contributed by atoms with Crippen molar-refractivity contribution in [1.29, 1.82) is 5.26 Å². The molecule has 3 amide bonds. The molecule has 0 bridgehead atoms. The number of nitriles is 1. The summed E-state index contributed by atoms with van der Waals surface area (Å²) in [4.78, 5) is 28.3. The van der Waals surface area contributed by atoms with Gasteiger partial charge in [-0.1, -0.05) is 31.2 Å². The van der Waals surface area contributed by atoms with Crippen LogP contribution >= 0.6 is 0 Å². The monoisotopic (exact) mass is 419 g/mol. The number of benzene rings is 2. The minimum atomic E-state index is -0.125. The van der Waals surface area contributed by atoms with Crippen molar-refractivity contribution in [3.63, 3.8) is 0 Å². The molecule has 7 nitrogen and oxygen atoms in total. The molecular formula is C24H29N5O2. The topological polar surface area (TPSA) is 88.5 Å². The van der Waals surface area contributed by atoms with Gasteiger partial charge in [0.15, 0.2) is 0 Å². The third-order valence-corrected chi connectivity index (χ3v) is 5.50. The third kappa shape index (κ3) is 6.30. The first kappa shape index (κ1) is 22.3. The number of hydrogen-bond donors (Lipinski definition) is 2. The third-order valence-electron chi connectivity index (χ3n) is 5.50. The van der Waals surface area contributed by atoms with Gasteiger partial charge < -0.3 is 15.5 Å². The molecule has 0 saturated carbocycles. The Morgan fingerprint density at radius 3 is 2.26 bits per heavy atom. The van der Waals surface area contributed by atoms with Crippen LogP contribution in [0.4, 0.5) is 10.5 Å². The first-order valence-electron chi connectivity index (χ1n) is 10.6. The van der Waals surface area contributed by atoms with Crippen LogP contribution in [-0.4, -0.2) is 47.9 Å². The summed E-state index contributed by atoms with van der Waals surface area (Å²) in [6, 6.07) is 17.1. The number of amides is 3. The molecule has 3 rings (SSSR count). The number of piperazine rings is 1. The standard InChI is InChI=1S/C24H29N5O2/c1-3-23(30)27-22-10-8-21(9-11-22)18(2)26-24(31)29-14-12-28(13-15-29)17-20-6-4-19(16-25)5-7-20/h4-11,18H,3,12-15,17H2,1-2H3,(H,26,31)(H,27,30). The Kier molecular flexibility index (Phi) is 7.63. The van der Waals surface area contributed by atoms with Gasteiger partial charge in [0, 0.05) is 44.8 Å². The molecule has 2 N–H and O–H groups in total. The molecule has 1 aliphatic heterocycles. The molecule has 1 aliphatic rings. The Morgan fingerprint density at radius 1 is 1.03 bits per heavy atom. The first-order chi connectivity index (χ1) is 15.0. The summed E-state index contributed by atoms with van der Waals surface area (Å²) in [5.41, 5.74) is 3.58. The maximum Gasteiger partial charge on any atom is 0.317 e. The van der Waals surface area contributed by atoms with E-state index in [0.29, 0.717) is 25.1 Å². The fourth-order valence-corrected chi connectivity index (χ4v) is 3.52. The van der Waals surface area contributed by atoms with Gasteiger partial charge in [0.25, 0.3) is 0 Å². The summed E-state index contributed by atoms with van der Waals surface area (Å²) < 4.78 is 0. The molecule has 1 heterocycles. The highest BCUT2D eigenvalue weighted by atomic mass is 16.2. The molecule has 0 radical (unpaired) electrons. The highest BCUT2D eigenvalue weighted by Gasteiger charge is 2.22. The van der Waals surface area contributed by atoms with E-state index in [0.717, 1.165) is 30.9 Å². The second-order valence-electron chi connectivity index (χ2n) is 7.77. The van der Waals surface area contributed by atoms with E-state index in [-0.39, 0.29) is 18.0 Å². The highest BCUT2D eigenvalue weighted by Crippen LogP contribution is 2.17. The normalized spacial score (nSPS) is 15.1. The van der Waals surface area contributed by atoms with E-state index in [2.05, 4.69) is 21.6 Å². The number of anilines is 1. The summed E-state index contributed by atoms with van der Waals surface area (Å²) in [5, 5.41) is 14.8. The van der Waals surface area contributed by atoms with Crippen molar-refractivity contribution < 1.29 is 9.59 Å². The molecular weight excluding hydrogens is 390 g/mol. The molecule has 1 fully saturated rings. The predicted molar refractivity (Wildman–Crippen MR) is 120 cm³/mol. The molecule has 0 aliphatic carbocycles. The van der Waals surface area contributed by atoms with Crippen LogP contribution in [0.15, 0.2) is 48.5 Å². The lowest BCUT2D eigenvalue weighted by atomic mass is 10.1. The van der Waals surface area contributed by atoms with Gasteiger partial charge in [0.05, 0.1) is 17.7 Å². The maximum atomic E-state index is 12.7. The number of carbonyl (C=O) groups is 2. The molecule has 1 unspecified atom stereocenters. The summed E-state index contributed by atoms with van der Waals surface area (Å²) in [6.45, 7) is 7.57. The predicted octanol–water partition coefficient (Wildman–Crippen LogP) is 3.50. The molecule has 162 valence electrons. The van der Waals surface area contributed by atoms with Gasteiger partial charge in [-0.3, -0.25) is 9.69 Å². The van der Waals surface area contributed by atoms with Gasteiger partial charge in [-0.05, 0) is 42.3 Å². The minimum absolute atomic E-state index is 0.0209. The van der Waals surface area contributed by atoms with E-state index in [1.807, 2.05) is 67.3 Å². The van der Waals surface area contributed by atoms with Crippen LogP contribution in [0.1, 0.15) is 43.0 Å². The molecule has 2 aromatic carbocycles. The van der Waals surface area contributed by atoms with Gasteiger partial charge >= 0.3 is 6.03 Å². The Bertz CT molecular complexity index is 926. The zero-order valence-corrected chi connectivity index (χ0v) is 18.1. The van der Waals surface area contributed by atoms with E-state index in [1.54, 1.807) is 0 Å². The number of nitrogens with zero attached hydrogens (tertiary/aromatic N) is 3. The van der Waals surface area contributed by atoms with Gasteiger partial charge in [0.2, 0.25) is 5.91 Å². The molecule has 7 heteroatoms. The fourth-order valence-electron chi connectivity index (χ4n) is 3.52. The van der Waals surface area contributed by atoms with Crippen LogP contribution in [0, 0.1) is 11.3 Å². The van der Waals surface area contributed by atoms with Crippen molar-refractivity contribution in [1.82, 2.24) is 15.1 Å². The lowest BCUT2D eigenvalue weighted by Gasteiger charge is -2.35. The zero-order chi connectivity index (χ0) is 22.2. The number of urea groups is 1. The van der Waals surface area contributed by atoms with E-state index in [4.69, 9.17) is 5.26 Å². The van der Waals surface area contributed by atoms with E-state index < -0.39 is 0 Å². The number of carbonyl (C=O) groups excluding carboxylic acids is 2. The van der Waals surface area contributed by atoms with Crippen LogP contribution in [0.2, 0.25) is 0 Å². The minimum Gasteiger partial charge on any atom is -0.331 e. The van der Waals surface area contributed by atoms with Crippen LogP contribution in [-0.2, 0) is 11.3 Å². The number of nitrogens with one attached hydrogen (secondary N) is 2. The Hall–Kier alpha value is -3.37. The van der Waals surface area contributed by atoms with Crippen molar-refractivity contribution in [2.45, 2.75) is 32.9 Å². The van der Waals surface area contributed by atoms with Crippen molar-refractivity contribution >= 4 is 17.6 Å². The van der Waals surface area contributed by atoms with Crippen molar-refractivity contribution in [2.75, 3.05) is 31.5 Å². The lowest BCUT2D eigenvalue weighted by Crippen LogP contribution is -2.51. The van der Waals surface area contributed by atoms with E-state index in [1.165, 1.54) is 5.56 Å². The summed E-state index contributed by atoms with van der Waals surface area (Å²) >= 11 is 0. The molecule has 31 heavy (non-hydrogen) atoms. The van der Waals surface area contributed by atoms with Gasteiger partial charge in [-0.25, -0.2) is 4.79 Å². The largest absolute Gasteiger partial charge is 0.331 e. The van der Waals surface area contributed by atoms with E-state index in [9.17, 15) is 9.59 Å². The van der Waals surface area contributed by atoms with E-state index >= 15 is 0 Å². The Balaban J connectivity index is 1.45. The van der Waals surface area contributed by atoms with Gasteiger partial charge in [-0.2, -0.15) is 5.26 Å². The van der Waals surface area contributed by atoms with Crippen LogP contribution in [0.25, 0.3) is 0 Å². The van der Waals surface area contributed by atoms with Crippen LogP contribution in [0.3, 0.4) is 0 Å². The molecule has 2 aromatic rings. The molecule has 0 spiro atoms. The molecule has 1 atom stereocenters. The first-order valence-corrected chi connectivity index (χ1v) is 10.6. The molecule has 1 saturated heterocycles. The van der Waals surface area contributed by atoms with Crippen LogP contribution in [0.5, 0.6) is 0 Å². The van der Waals surface area contributed by atoms with Crippen LogP contribution < -0.4 is 10.6 Å². The van der Waals surface area contributed by atoms with Crippen molar-refractivity contribution in [2.24, 2.45) is 0 Å². The lowest BCUT2D eigenvalue weighted by molar-refractivity contribution is -0.115. The van der Waals surface area contributed by atoms with Gasteiger partial charge in [0.1, 0.15) is 0 Å². The summed E-state index contributed by atoms with van der Waals surface area (Å²) in [5.74, 6) is -0.0209. The number of hydrogen-bond acceptors (Lipinski definition) is 4. The smallest absolute Gasteiger partial charge is 0.317 e. The van der Waals surface area contributed by atoms with Crippen molar-refractivity contribution in [3.05, 3.63) is 65.2 Å².